The lowest BCUT2D eigenvalue weighted by atomic mass is 9.75. The molecule has 2 aromatic carbocycles. The van der Waals surface area contributed by atoms with Crippen LogP contribution in [0.4, 0.5) is 0 Å². The second-order valence-electron chi connectivity index (χ2n) is 7.91. The van der Waals surface area contributed by atoms with E-state index < -0.39 is 5.97 Å². The second-order valence-corrected chi connectivity index (χ2v) is 7.91. The van der Waals surface area contributed by atoms with E-state index in [4.69, 9.17) is 9.47 Å². The Morgan fingerprint density at radius 3 is 2.50 bits per heavy atom. The monoisotopic (exact) mass is 381 g/mol. The Balaban J connectivity index is 1.40. The van der Waals surface area contributed by atoms with Crippen molar-refractivity contribution >= 4 is 22.6 Å². The Morgan fingerprint density at radius 1 is 1.04 bits per heavy atom. The van der Waals surface area contributed by atoms with E-state index in [0.717, 1.165) is 36.2 Å². The van der Waals surface area contributed by atoms with Crippen molar-refractivity contribution in [2.75, 3.05) is 26.8 Å². The first-order valence-electron chi connectivity index (χ1n) is 10.2. The lowest BCUT2D eigenvalue weighted by Crippen LogP contribution is -2.46. The molecule has 0 N–H and O–H groups in total. The third kappa shape index (κ3) is 3.84. The van der Waals surface area contributed by atoms with Crippen LogP contribution in [0.3, 0.4) is 0 Å². The summed E-state index contributed by atoms with van der Waals surface area (Å²) in [7, 11) is 1.53. The number of benzene rings is 2. The maximum absolute atomic E-state index is 12.6. The van der Waals surface area contributed by atoms with Gasteiger partial charge in [0.2, 0.25) is 0 Å². The number of methoxy groups -OCH3 is 1. The normalized spacial score (nSPS) is 21.8. The van der Waals surface area contributed by atoms with Crippen molar-refractivity contribution in [3.63, 3.8) is 0 Å². The van der Waals surface area contributed by atoms with Crippen LogP contribution in [-0.2, 0) is 9.53 Å². The quantitative estimate of drug-likeness (QED) is 0.750. The number of fused-ring (bicyclic) bond motifs is 2. The predicted octanol–water partition coefficient (Wildman–Crippen LogP) is 4.04. The molecular weight excluding hydrogens is 354 g/mol. The number of rotatable bonds is 4. The average Bonchev–Trinajstić information content (AvgIpc) is 2.75. The molecule has 5 heteroatoms. The summed E-state index contributed by atoms with van der Waals surface area (Å²) < 4.78 is 10.7. The number of ether oxygens (including phenoxy) is 2. The molecule has 1 heterocycles. The summed E-state index contributed by atoms with van der Waals surface area (Å²) in [5.74, 6) is 1.21. The summed E-state index contributed by atoms with van der Waals surface area (Å²) in [5.41, 5.74) is 0.347. The Labute approximate surface area is 165 Å². The zero-order valence-electron chi connectivity index (χ0n) is 16.4. The van der Waals surface area contributed by atoms with Gasteiger partial charge >= 0.3 is 5.97 Å². The molecule has 0 radical (unpaired) electrons. The second kappa shape index (κ2) is 8.21. The van der Waals surface area contributed by atoms with Crippen LogP contribution in [-0.4, -0.2) is 43.6 Å². The largest absolute Gasteiger partial charge is 0.496 e. The molecule has 28 heavy (non-hydrogen) atoms. The molecule has 2 fully saturated rings. The lowest BCUT2D eigenvalue weighted by molar-refractivity contribution is -0.137. The van der Waals surface area contributed by atoms with Crippen molar-refractivity contribution in [3.05, 3.63) is 42.0 Å². The number of piperidine rings is 1. The van der Waals surface area contributed by atoms with Crippen molar-refractivity contribution in [1.29, 1.82) is 0 Å². The van der Waals surface area contributed by atoms with Gasteiger partial charge in [-0.3, -0.25) is 4.79 Å². The third-order valence-electron chi connectivity index (χ3n) is 6.26. The number of esters is 1. The number of carbonyl (C=O) groups is 2. The minimum absolute atomic E-state index is 0.0999. The first kappa shape index (κ1) is 18.8. The van der Waals surface area contributed by atoms with Crippen LogP contribution in [0.2, 0.25) is 0 Å². The highest BCUT2D eigenvalue weighted by Crippen LogP contribution is 2.36. The fourth-order valence-electron chi connectivity index (χ4n) is 4.67. The molecule has 4 rings (SSSR count). The van der Waals surface area contributed by atoms with E-state index >= 15 is 0 Å². The van der Waals surface area contributed by atoms with E-state index in [9.17, 15) is 9.59 Å². The van der Waals surface area contributed by atoms with Crippen LogP contribution in [0.5, 0.6) is 5.75 Å². The Morgan fingerprint density at radius 2 is 1.75 bits per heavy atom. The van der Waals surface area contributed by atoms with Crippen molar-refractivity contribution < 1.29 is 19.1 Å². The van der Waals surface area contributed by atoms with Gasteiger partial charge in [0.25, 0.3) is 5.91 Å². The summed E-state index contributed by atoms with van der Waals surface area (Å²) in [5, 5.41) is 1.92. The molecule has 2 atom stereocenters. The van der Waals surface area contributed by atoms with Gasteiger partial charge in [0.05, 0.1) is 7.11 Å². The fraction of sp³-hybridized carbons (Fsp3) is 0.478. The molecule has 0 bridgehead atoms. The van der Waals surface area contributed by atoms with Crippen LogP contribution in [0, 0.1) is 11.8 Å². The van der Waals surface area contributed by atoms with Gasteiger partial charge in [-0.25, -0.2) is 4.79 Å². The van der Waals surface area contributed by atoms with Crippen LogP contribution in [0.15, 0.2) is 36.4 Å². The maximum Gasteiger partial charge on any atom is 0.342 e. The summed E-state index contributed by atoms with van der Waals surface area (Å²) in [6, 6.07) is 11.3. The molecular formula is C23H27NO4. The molecule has 1 saturated heterocycles. The van der Waals surface area contributed by atoms with Gasteiger partial charge in [0.1, 0.15) is 11.3 Å². The van der Waals surface area contributed by atoms with E-state index in [1.54, 1.807) is 6.07 Å². The molecule has 5 nitrogen and oxygen atoms in total. The van der Waals surface area contributed by atoms with Crippen molar-refractivity contribution in [2.45, 2.75) is 32.1 Å². The number of hydrogen-bond acceptors (Lipinski definition) is 4. The molecule has 148 valence electrons. The Kier molecular flexibility index (Phi) is 5.51. The number of hydrogen-bond donors (Lipinski definition) is 0. The molecule has 0 spiro atoms. The SMILES string of the molecule is COc1cc2ccccc2cc1C(=O)OCC(=O)N1CC[C@H]2CCCC[C@H]2C1. The fourth-order valence-corrected chi connectivity index (χ4v) is 4.67. The van der Waals surface area contributed by atoms with Crippen LogP contribution in [0.25, 0.3) is 10.8 Å². The first-order chi connectivity index (χ1) is 13.7. The van der Waals surface area contributed by atoms with E-state index in [2.05, 4.69) is 0 Å². The van der Waals surface area contributed by atoms with Crippen molar-refractivity contribution in [3.8, 4) is 5.75 Å². The van der Waals surface area contributed by atoms with Crippen LogP contribution >= 0.6 is 0 Å². The van der Waals surface area contributed by atoms with E-state index in [1.807, 2.05) is 35.2 Å². The lowest BCUT2D eigenvalue weighted by Gasteiger charge is -2.41. The molecule has 1 aliphatic heterocycles. The molecule has 2 aromatic rings. The molecule has 1 saturated carbocycles. The number of carbonyl (C=O) groups excluding carboxylic acids is 2. The van der Waals surface area contributed by atoms with Gasteiger partial charge in [-0.15, -0.1) is 0 Å². The minimum atomic E-state index is -0.525. The van der Waals surface area contributed by atoms with Crippen molar-refractivity contribution in [2.24, 2.45) is 11.8 Å². The van der Waals surface area contributed by atoms with E-state index in [1.165, 1.54) is 32.8 Å². The van der Waals surface area contributed by atoms with Crippen LogP contribution < -0.4 is 4.74 Å². The zero-order valence-corrected chi connectivity index (χ0v) is 16.4. The molecule has 2 aliphatic rings. The summed E-state index contributed by atoms with van der Waals surface area (Å²) in [4.78, 5) is 27.1. The zero-order chi connectivity index (χ0) is 19.5. The predicted molar refractivity (Wildman–Crippen MR) is 107 cm³/mol. The van der Waals surface area contributed by atoms with Gasteiger partial charge in [0.15, 0.2) is 6.61 Å². The molecule has 1 amide bonds. The summed E-state index contributed by atoms with van der Waals surface area (Å²) in [6.45, 7) is 1.36. The number of likely N-dealkylation sites (tertiary alicyclic amines) is 1. The third-order valence-corrected chi connectivity index (χ3v) is 6.26. The summed E-state index contributed by atoms with van der Waals surface area (Å²) in [6.07, 6.45) is 6.16. The highest BCUT2D eigenvalue weighted by Gasteiger charge is 2.33. The Hall–Kier alpha value is -2.56. The van der Waals surface area contributed by atoms with Gasteiger partial charge in [-0.1, -0.05) is 43.5 Å². The van der Waals surface area contributed by atoms with Gasteiger partial charge in [-0.2, -0.15) is 0 Å². The number of amides is 1. The summed E-state index contributed by atoms with van der Waals surface area (Å²) >= 11 is 0. The van der Waals surface area contributed by atoms with E-state index in [-0.39, 0.29) is 12.5 Å². The standard InChI is InChI=1S/C23H27NO4/c1-27-21-13-18-8-4-3-7-17(18)12-20(21)23(26)28-15-22(25)24-11-10-16-6-2-5-9-19(16)14-24/h3-4,7-8,12-13,16,19H,2,5-6,9-11,14-15H2,1H3/t16-,19+/m1/s1. The first-order valence-corrected chi connectivity index (χ1v) is 10.2. The molecule has 0 aromatic heterocycles. The van der Waals surface area contributed by atoms with Crippen molar-refractivity contribution in [1.82, 2.24) is 4.90 Å². The highest BCUT2D eigenvalue weighted by molar-refractivity contribution is 5.99. The maximum atomic E-state index is 12.6. The molecule has 0 unspecified atom stereocenters. The minimum Gasteiger partial charge on any atom is -0.496 e. The van der Waals surface area contributed by atoms with Gasteiger partial charge in [0, 0.05) is 13.1 Å². The van der Waals surface area contributed by atoms with Gasteiger partial charge in [-0.05, 0) is 47.6 Å². The van der Waals surface area contributed by atoms with Gasteiger partial charge < -0.3 is 14.4 Å². The Bertz CT molecular complexity index is 878. The smallest absolute Gasteiger partial charge is 0.342 e. The average molecular weight is 381 g/mol. The topological polar surface area (TPSA) is 55.8 Å². The van der Waals surface area contributed by atoms with Crippen LogP contribution in [0.1, 0.15) is 42.5 Å². The highest BCUT2D eigenvalue weighted by atomic mass is 16.5. The molecule has 1 aliphatic carbocycles. The van der Waals surface area contributed by atoms with E-state index in [0.29, 0.717) is 17.2 Å². The number of nitrogens with zero attached hydrogens (tertiary/aromatic N) is 1.